The third kappa shape index (κ3) is 3.91. The second-order valence-electron chi connectivity index (χ2n) is 6.79. The second kappa shape index (κ2) is 7.23. The minimum atomic E-state index is -4.39. The van der Waals surface area contributed by atoms with E-state index >= 15 is 0 Å². The number of benzene rings is 1. The zero-order chi connectivity index (χ0) is 18.9. The van der Waals surface area contributed by atoms with E-state index in [-0.39, 0.29) is 11.9 Å². The molecule has 2 aliphatic heterocycles. The average molecular weight is 386 g/mol. The molecule has 1 N–H and O–H groups in total. The molecule has 1 amide bonds. The quantitative estimate of drug-likeness (QED) is 0.856. The van der Waals surface area contributed by atoms with Gasteiger partial charge in [-0.15, -0.1) is 0 Å². The lowest BCUT2D eigenvalue weighted by Crippen LogP contribution is -2.32. The summed E-state index contributed by atoms with van der Waals surface area (Å²) in [6.07, 6.45) is -2.52. The highest BCUT2D eigenvalue weighted by atomic mass is 32.2. The van der Waals surface area contributed by atoms with Crippen LogP contribution >= 0.6 is 11.8 Å². The number of amides is 1. The number of amidine groups is 1. The van der Waals surface area contributed by atoms with E-state index in [1.807, 2.05) is 6.92 Å². The van der Waals surface area contributed by atoms with Gasteiger partial charge in [-0.25, -0.2) is 0 Å². The predicted octanol–water partition coefficient (Wildman–Crippen LogP) is 3.95. The number of hydrogen-bond acceptors (Lipinski definition) is 4. The number of nitrogens with one attached hydrogen (secondary N) is 1. The molecule has 8 heteroatoms. The van der Waals surface area contributed by atoms with Gasteiger partial charge in [-0.1, -0.05) is 23.9 Å². The highest BCUT2D eigenvalue weighted by molar-refractivity contribution is 8.15. The first kappa shape index (κ1) is 19.2. The summed E-state index contributed by atoms with van der Waals surface area (Å²) in [6.45, 7) is 5.17. The van der Waals surface area contributed by atoms with Crippen LogP contribution in [0.2, 0.25) is 0 Å². The van der Waals surface area contributed by atoms with Gasteiger partial charge < -0.3 is 10.1 Å². The summed E-state index contributed by atoms with van der Waals surface area (Å²) in [6, 6.07) is 4.79. The molecule has 3 rings (SSSR count). The number of nitrogens with zero attached hydrogens (tertiary/aromatic N) is 1. The Morgan fingerprint density at radius 2 is 1.88 bits per heavy atom. The van der Waals surface area contributed by atoms with Crippen molar-refractivity contribution in [1.82, 2.24) is 5.32 Å². The maximum Gasteiger partial charge on any atom is 0.416 e. The van der Waals surface area contributed by atoms with Crippen LogP contribution in [0.3, 0.4) is 0 Å². The summed E-state index contributed by atoms with van der Waals surface area (Å²) in [5, 5.41) is 3.30. The van der Waals surface area contributed by atoms with Crippen molar-refractivity contribution in [1.29, 1.82) is 0 Å². The molecule has 26 heavy (non-hydrogen) atoms. The summed E-state index contributed by atoms with van der Waals surface area (Å²) in [5.41, 5.74) is -0.202. The second-order valence-corrected chi connectivity index (χ2v) is 8.20. The van der Waals surface area contributed by atoms with Crippen LogP contribution in [0.4, 0.5) is 13.2 Å². The number of aliphatic imine (C=N–C) groups is 1. The van der Waals surface area contributed by atoms with Gasteiger partial charge in [0.1, 0.15) is 4.75 Å². The first-order valence-corrected chi connectivity index (χ1v) is 9.35. The molecule has 2 atom stereocenters. The summed E-state index contributed by atoms with van der Waals surface area (Å²) < 4.78 is 42.6. The summed E-state index contributed by atoms with van der Waals surface area (Å²) in [4.78, 5) is 17.1. The largest absolute Gasteiger partial charge is 0.416 e. The molecular formula is C18H21F3N2O2S. The van der Waals surface area contributed by atoms with Gasteiger partial charge in [0, 0.05) is 13.2 Å². The highest BCUT2D eigenvalue weighted by Crippen LogP contribution is 2.42. The van der Waals surface area contributed by atoms with Crippen LogP contribution in [-0.4, -0.2) is 30.3 Å². The van der Waals surface area contributed by atoms with E-state index in [0.29, 0.717) is 16.6 Å². The van der Waals surface area contributed by atoms with Crippen molar-refractivity contribution >= 4 is 22.8 Å². The molecule has 4 nitrogen and oxygen atoms in total. The lowest BCUT2D eigenvalue weighted by molar-refractivity contribution is -0.137. The Kier molecular flexibility index (Phi) is 5.35. The topological polar surface area (TPSA) is 50.7 Å². The number of carbonyl (C=O) groups excluding carboxylic acids is 1. The van der Waals surface area contributed by atoms with Crippen LogP contribution in [-0.2, 0) is 20.5 Å². The SMILES string of the molecule is CC(N=C1NC(=O)C(C)(c2ccc(C(F)(F)F)cc2)S1)C1CCOCC1. The molecule has 2 aliphatic rings. The van der Waals surface area contributed by atoms with E-state index < -0.39 is 16.5 Å². The molecule has 0 bridgehead atoms. The number of thioether (sulfide) groups is 1. The zero-order valence-electron chi connectivity index (χ0n) is 14.6. The number of halogens is 3. The Labute approximate surface area is 154 Å². The minimum Gasteiger partial charge on any atom is -0.381 e. The fraction of sp³-hybridized carbons (Fsp3) is 0.556. The lowest BCUT2D eigenvalue weighted by atomic mass is 9.93. The number of alkyl halides is 3. The molecule has 2 unspecified atom stereocenters. The molecule has 1 aromatic rings. The molecule has 2 fully saturated rings. The molecule has 0 saturated carbocycles. The van der Waals surface area contributed by atoms with E-state index in [4.69, 9.17) is 4.74 Å². The molecule has 0 aromatic heterocycles. The van der Waals surface area contributed by atoms with Crippen LogP contribution in [0.15, 0.2) is 29.3 Å². The van der Waals surface area contributed by atoms with Gasteiger partial charge in [-0.2, -0.15) is 13.2 Å². The normalized spacial score (nSPS) is 27.6. The van der Waals surface area contributed by atoms with E-state index in [2.05, 4.69) is 10.3 Å². The Morgan fingerprint density at radius 1 is 1.27 bits per heavy atom. The molecule has 2 heterocycles. The van der Waals surface area contributed by atoms with Gasteiger partial charge in [-0.05, 0) is 50.3 Å². The number of carbonyl (C=O) groups is 1. The van der Waals surface area contributed by atoms with E-state index in [1.165, 1.54) is 23.9 Å². The van der Waals surface area contributed by atoms with Crippen molar-refractivity contribution in [2.75, 3.05) is 13.2 Å². The summed E-state index contributed by atoms with van der Waals surface area (Å²) in [7, 11) is 0. The standard InChI is InChI=1S/C18H21F3N2O2S/c1-11(12-7-9-25-10-8-12)22-16-23-15(24)17(2,26-16)13-3-5-14(6-4-13)18(19,20)21/h3-6,11-12H,7-10H2,1-2H3,(H,22,23,24). The van der Waals surface area contributed by atoms with Crippen molar-refractivity contribution in [3.63, 3.8) is 0 Å². The third-order valence-corrected chi connectivity index (χ3v) is 6.22. The Hall–Kier alpha value is -1.54. The highest BCUT2D eigenvalue weighted by Gasteiger charge is 2.44. The van der Waals surface area contributed by atoms with Crippen molar-refractivity contribution in [3.8, 4) is 0 Å². The van der Waals surface area contributed by atoms with Gasteiger partial charge in [0.25, 0.3) is 0 Å². The fourth-order valence-electron chi connectivity index (χ4n) is 3.20. The van der Waals surface area contributed by atoms with Crippen molar-refractivity contribution in [2.45, 2.75) is 43.7 Å². The van der Waals surface area contributed by atoms with Gasteiger partial charge >= 0.3 is 6.18 Å². The van der Waals surface area contributed by atoms with Crippen LogP contribution in [0.25, 0.3) is 0 Å². The van der Waals surface area contributed by atoms with E-state index in [1.54, 1.807) is 6.92 Å². The van der Waals surface area contributed by atoms with Crippen LogP contribution in [0.5, 0.6) is 0 Å². The van der Waals surface area contributed by atoms with Crippen LogP contribution in [0.1, 0.15) is 37.8 Å². The first-order chi connectivity index (χ1) is 12.2. The number of ether oxygens (including phenoxy) is 1. The number of hydrogen-bond donors (Lipinski definition) is 1. The van der Waals surface area contributed by atoms with Crippen molar-refractivity contribution < 1.29 is 22.7 Å². The summed E-state index contributed by atoms with van der Waals surface area (Å²) in [5.74, 6) is 0.145. The van der Waals surface area contributed by atoms with Gasteiger partial charge in [0.15, 0.2) is 5.17 Å². The zero-order valence-corrected chi connectivity index (χ0v) is 15.4. The molecule has 2 saturated heterocycles. The third-order valence-electron chi connectivity index (χ3n) is 4.99. The van der Waals surface area contributed by atoms with Gasteiger partial charge in [-0.3, -0.25) is 9.79 Å². The van der Waals surface area contributed by atoms with E-state index in [0.717, 1.165) is 38.2 Å². The molecule has 0 radical (unpaired) electrons. The predicted molar refractivity (Wildman–Crippen MR) is 95.0 cm³/mol. The minimum absolute atomic E-state index is 0.0525. The lowest BCUT2D eigenvalue weighted by Gasteiger charge is -2.25. The van der Waals surface area contributed by atoms with E-state index in [9.17, 15) is 18.0 Å². The molecule has 1 aromatic carbocycles. The summed E-state index contributed by atoms with van der Waals surface area (Å²) >= 11 is 1.26. The maximum absolute atomic E-state index is 12.7. The maximum atomic E-state index is 12.7. The molecule has 0 spiro atoms. The number of rotatable bonds is 3. The Bertz CT molecular complexity index is 699. The molecular weight excluding hydrogens is 365 g/mol. The first-order valence-electron chi connectivity index (χ1n) is 8.54. The smallest absolute Gasteiger partial charge is 0.381 e. The van der Waals surface area contributed by atoms with Crippen LogP contribution < -0.4 is 5.32 Å². The van der Waals surface area contributed by atoms with Gasteiger partial charge in [0.2, 0.25) is 5.91 Å². The van der Waals surface area contributed by atoms with Crippen molar-refractivity contribution in [3.05, 3.63) is 35.4 Å². The Balaban J connectivity index is 1.76. The Morgan fingerprint density at radius 3 is 2.46 bits per heavy atom. The van der Waals surface area contributed by atoms with Gasteiger partial charge in [0.05, 0.1) is 11.6 Å². The molecule has 0 aliphatic carbocycles. The fourth-order valence-corrected chi connectivity index (χ4v) is 4.34. The van der Waals surface area contributed by atoms with Crippen molar-refractivity contribution in [2.24, 2.45) is 10.9 Å². The molecule has 142 valence electrons. The average Bonchev–Trinajstić information content (AvgIpc) is 2.90. The van der Waals surface area contributed by atoms with Crippen LogP contribution in [0, 0.1) is 5.92 Å². The monoisotopic (exact) mass is 386 g/mol.